The second-order valence-electron chi connectivity index (χ2n) is 17.1. The van der Waals surface area contributed by atoms with Gasteiger partial charge in [0.25, 0.3) is 7.82 Å². The summed E-state index contributed by atoms with van der Waals surface area (Å²) < 4.78 is 23.2. The lowest BCUT2D eigenvalue weighted by atomic mass is 10.1. The molecule has 0 aliphatic carbocycles. The van der Waals surface area contributed by atoms with Gasteiger partial charge in [-0.3, -0.25) is 9.36 Å². The zero-order valence-electron chi connectivity index (χ0n) is 39.1. The van der Waals surface area contributed by atoms with Crippen molar-refractivity contribution in [1.82, 2.24) is 5.32 Å². The predicted octanol–water partition coefficient (Wildman–Crippen LogP) is 13.1. The minimum Gasteiger partial charge on any atom is -0.756 e. The van der Waals surface area contributed by atoms with E-state index in [4.69, 9.17) is 9.05 Å². The Bertz CT molecular complexity index is 1250. The van der Waals surface area contributed by atoms with Crippen LogP contribution in [0.15, 0.2) is 85.1 Å². The molecule has 2 N–H and O–H groups in total. The van der Waals surface area contributed by atoms with Gasteiger partial charge in [0.2, 0.25) is 5.91 Å². The van der Waals surface area contributed by atoms with E-state index in [1.807, 2.05) is 27.2 Å². The molecule has 0 aliphatic heterocycles. The fraction of sp³-hybridized carbons (Fsp3) is 0.706. The number of likely N-dealkylation sites (N-methyl/N-ethyl adjacent to an activating group) is 1. The number of carbonyl (C=O) groups is 1. The molecule has 0 aromatic carbocycles. The van der Waals surface area contributed by atoms with Gasteiger partial charge in [-0.15, -0.1) is 0 Å². The summed E-state index contributed by atoms with van der Waals surface area (Å²) in [6.45, 7) is 4.49. The third-order valence-corrected chi connectivity index (χ3v) is 11.1. The Morgan fingerprint density at radius 2 is 1.02 bits per heavy atom. The maximum Gasteiger partial charge on any atom is 0.268 e. The molecule has 8 nitrogen and oxygen atoms in total. The molecule has 0 bridgehead atoms. The van der Waals surface area contributed by atoms with Crippen LogP contribution in [-0.2, 0) is 18.4 Å². The first kappa shape index (κ1) is 57.7. The van der Waals surface area contributed by atoms with Crippen LogP contribution in [0.4, 0.5) is 0 Å². The summed E-state index contributed by atoms with van der Waals surface area (Å²) >= 11 is 0. The van der Waals surface area contributed by atoms with E-state index in [-0.39, 0.29) is 19.1 Å². The molecular weight excluding hydrogens is 768 g/mol. The van der Waals surface area contributed by atoms with E-state index in [0.717, 1.165) is 89.9 Å². The number of hydrogen-bond acceptors (Lipinski definition) is 6. The van der Waals surface area contributed by atoms with Crippen molar-refractivity contribution in [3.05, 3.63) is 85.1 Å². The third-order valence-electron chi connectivity index (χ3n) is 10.1. The molecule has 1 amide bonds. The highest BCUT2D eigenvalue weighted by atomic mass is 31.2. The van der Waals surface area contributed by atoms with Crippen molar-refractivity contribution in [2.24, 2.45) is 0 Å². The second-order valence-corrected chi connectivity index (χ2v) is 18.5. The van der Waals surface area contributed by atoms with Crippen molar-refractivity contribution in [1.29, 1.82) is 0 Å². The molecule has 3 atom stereocenters. The van der Waals surface area contributed by atoms with E-state index in [0.29, 0.717) is 17.4 Å². The number of aliphatic hydroxyl groups is 1. The van der Waals surface area contributed by atoms with Crippen molar-refractivity contribution in [2.75, 3.05) is 40.9 Å². The van der Waals surface area contributed by atoms with Gasteiger partial charge in [-0.25, -0.2) is 0 Å². The van der Waals surface area contributed by atoms with E-state index >= 15 is 0 Å². The summed E-state index contributed by atoms with van der Waals surface area (Å²) in [7, 11) is 1.24. The molecule has 0 saturated heterocycles. The zero-order valence-corrected chi connectivity index (χ0v) is 40.0. The van der Waals surface area contributed by atoms with Crippen LogP contribution < -0.4 is 10.2 Å². The highest BCUT2D eigenvalue weighted by molar-refractivity contribution is 7.45. The Hall–Kier alpha value is -2.32. The first-order chi connectivity index (χ1) is 29.0. The quantitative estimate of drug-likeness (QED) is 0.0274. The number of quaternary nitrogens is 1. The van der Waals surface area contributed by atoms with Crippen molar-refractivity contribution in [3.8, 4) is 0 Å². The Labute approximate surface area is 369 Å². The molecule has 0 aliphatic rings. The molecule has 9 heteroatoms. The number of phosphoric acid groups is 1. The minimum absolute atomic E-state index is 0.00712. The van der Waals surface area contributed by atoms with Crippen molar-refractivity contribution >= 4 is 13.7 Å². The van der Waals surface area contributed by atoms with Gasteiger partial charge in [0.05, 0.1) is 39.9 Å². The van der Waals surface area contributed by atoms with E-state index in [1.165, 1.54) is 70.6 Å². The SMILES string of the molecule is CC/C=C\C/C=C\C/C=C\C/C=C\C/C=C\C/C=C\CCCCCCCCCCC(=O)NC(COP(=O)([O-])OCC[N+](C)(C)C)C(O)/C=C/CCCCCCCCCCC. The molecule has 0 aromatic rings. The Morgan fingerprint density at radius 1 is 0.600 bits per heavy atom. The number of phosphoric ester groups is 1. The molecule has 3 unspecified atom stereocenters. The fourth-order valence-corrected chi connectivity index (χ4v) is 7.05. The summed E-state index contributed by atoms with van der Waals surface area (Å²) in [4.78, 5) is 25.3. The Morgan fingerprint density at radius 3 is 1.48 bits per heavy atom. The summed E-state index contributed by atoms with van der Waals surface area (Å²) in [5.41, 5.74) is 0. The smallest absolute Gasteiger partial charge is 0.268 e. The molecule has 0 aromatic heterocycles. The summed E-state index contributed by atoms with van der Waals surface area (Å²) in [5, 5.41) is 13.8. The average molecular weight is 859 g/mol. The summed E-state index contributed by atoms with van der Waals surface area (Å²) in [5.74, 6) is -0.212. The van der Waals surface area contributed by atoms with E-state index < -0.39 is 20.0 Å². The summed E-state index contributed by atoms with van der Waals surface area (Å²) in [6, 6.07) is -0.894. The topological polar surface area (TPSA) is 108 Å². The Kier molecular flexibility index (Phi) is 40.4. The fourth-order valence-electron chi connectivity index (χ4n) is 6.33. The number of nitrogens with zero attached hydrogens (tertiary/aromatic N) is 1. The van der Waals surface area contributed by atoms with Crippen LogP contribution in [0.25, 0.3) is 0 Å². The van der Waals surface area contributed by atoms with E-state index in [2.05, 4.69) is 92.1 Å². The maximum atomic E-state index is 12.9. The van der Waals surface area contributed by atoms with Gasteiger partial charge < -0.3 is 28.8 Å². The number of allylic oxidation sites excluding steroid dienone is 13. The van der Waals surface area contributed by atoms with Crippen LogP contribution in [0, 0.1) is 0 Å². The van der Waals surface area contributed by atoms with Crippen LogP contribution in [0.5, 0.6) is 0 Å². The van der Waals surface area contributed by atoms with Gasteiger partial charge >= 0.3 is 0 Å². The lowest BCUT2D eigenvalue weighted by Crippen LogP contribution is -2.45. The molecular formula is C51H91N2O6P. The van der Waals surface area contributed by atoms with E-state index in [1.54, 1.807) is 6.08 Å². The largest absolute Gasteiger partial charge is 0.756 e. The van der Waals surface area contributed by atoms with Gasteiger partial charge in [-0.2, -0.15) is 0 Å². The van der Waals surface area contributed by atoms with Crippen LogP contribution in [0.3, 0.4) is 0 Å². The highest BCUT2D eigenvalue weighted by Gasteiger charge is 2.23. The lowest BCUT2D eigenvalue weighted by Gasteiger charge is -2.29. The van der Waals surface area contributed by atoms with Gasteiger partial charge in [-0.05, 0) is 70.6 Å². The number of nitrogens with one attached hydrogen (secondary N) is 1. The van der Waals surface area contributed by atoms with Gasteiger partial charge in [-0.1, -0.05) is 189 Å². The molecule has 60 heavy (non-hydrogen) atoms. The number of carbonyl (C=O) groups excluding carboxylic acids is 1. The number of rotatable bonds is 42. The van der Waals surface area contributed by atoms with Crippen molar-refractivity contribution in [2.45, 2.75) is 193 Å². The number of aliphatic hydroxyl groups excluding tert-OH is 1. The molecule has 346 valence electrons. The normalized spacial score (nSPS) is 15.0. The third kappa shape index (κ3) is 43.8. The first-order valence-corrected chi connectivity index (χ1v) is 25.4. The Balaban J connectivity index is 4.27. The zero-order chi connectivity index (χ0) is 44.3. The molecule has 0 heterocycles. The number of unbranched alkanes of at least 4 members (excludes halogenated alkanes) is 17. The lowest BCUT2D eigenvalue weighted by molar-refractivity contribution is -0.870. The van der Waals surface area contributed by atoms with E-state index in [9.17, 15) is 19.4 Å². The monoisotopic (exact) mass is 859 g/mol. The van der Waals surface area contributed by atoms with Crippen molar-refractivity contribution in [3.63, 3.8) is 0 Å². The number of amides is 1. The molecule has 0 fully saturated rings. The highest BCUT2D eigenvalue weighted by Crippen LogP contribution is 2.38. The van der Waals surface area contributed by atoms with Crippen LogP contribution in [0.1, 0.15) is 181 Å². The van der Waals surface area contributed by atoms with Crippen molar-refractivity contribution < 1.29 is 32.9 Å². The summed E-state index contributed by atoms with van der Waals surface area (Å²) in [6.07, 6.45) is 57.8. The van der Waals surface area contributed by atoms with Gasteiger partial charge in [0.15, 0.2) is 0 Å². The van der Waals surface area contributed by atoms with Gasteiger partial charge in [0.1, 0.15) is 13.2 Å². The van der Waals surface area contributed by atoms with Crippen LogP contribution in [-0.4, -0.2) is 68.5 Å². The number of hydrogen-bond donors (Lipinski definition) is 2. The predicted molar refractivity (Wildman–Crippen MR) is 256 cm³/mol. The molecule has 0 saturated carbocycles. The van der Waals surface area contributed by atoms with Gasteiger partial charge in [0, 0.05) is 6.42 Å². The molecule has 0 rings (SSSR count). The van der Waals surface area contributed by atoms with Crippen LogP contribution >= 0.6 is 7.82 Å². The average Bonchev–Trinajstić information content (AvgIpc) is 3.20. The minimum atomic E-state index is -4.59. The van der Waals surface area contributed by atoms with Crippen LogP contribution in [0.2, 0.25) is 0 Å². The standard InChI is InChI=1S/C51H91N2O6P/c1-6-8-10-12-14-16-18-19-20-21-22-23-24-25-26-27-28-29-30-31-32-33-35-37-39-41-43-45-51(55)52-49(48-59-60(56,57)58-47-46-53(3,4)5)50(54)44-42-40-38-36-34-17-15-13-11-9-7-2/h8,10,14,16,19-20,22-23,25-26,28-29,42,44,49-50,54H,6-7,9,11-13,15,17-18,21,24,27,30-41,43,45-48H2,1-5H3,(H-,52,55,56,57)/b10-8-,16-14-,20-19-,23-22-,26-25-,29-28-,44-42+. The molecule has 0 radical (unpaired) electrons. The molecule has 0 spiro atoms. The second kappa shape index (κ2) is 42.0. The first-order valence-electron chi connectivity index (χ1n) is 23.9. The maximum absolute atomic E-state index is 12.9.